The van der Waals surface area contributed by atoms with Gasteiger partial charge in [0.2, 0.25) is 0 Å². The minimum atomic E-state index is -2.89. The minimum absolute atomic E-state index is 0.0660. The van der Waals surface area contributed by atoms with Crippen LogP contribution in [-0.4, -0.2) is 32.4 Å². The van der Waals surface area contributed by atoms with Crippen LogP contribution in [0.1, 0.15) is 61.8 Å². The number of allylic oxidation sites excluding steroid dienone is 4. The lowest BCUT2D eigenvalue weighted by atomic mass is 10.1. The van der Waals surface area contributed by atoms with Gasteiger partial charge in [-0.05, 0) is 0 Å². The van der Waals surface area contributed by atoms with Crippen molar-refractivity contribution in [3.05, 3.63) is 23.0 Å². The Hall–Kier alpha value is -1.46. The Morgan fingerprint density at radius 3 is 1.14 bits per heavy atom. The third kappa shape index (κ3) is 7.51. The molecule has 2 heterocycles. The summed E-state index contributed by atoms with van der Waals surface area (Å²) in [7, 11) is 0. The molecule has 28 heavy (non-hydrogen) atoms. The van der Waals surface area contributed by atoms with Gasteiger partial charge in [0.1, 0.15) is 23.0 Å². The minimum Gasteiger partial charge on any atom is -0.494 e. The summed E-state index contributed by atoms with van der Waals surface area (Å²) in [6.07, 6.45) is 0.992. The van der Waals surface area contributed by atoms with E-state index in [-0.39, 0.29) is 11.8 Å². The predicted octanol–water partition coefficient (Wildman–Crippen LogP) is 6.14. The van der Waals surface area contributed by atoms with Crippen LogP contribution in [-0.2, 0) is 18.9 Å². The van der Waals surface area contributed by atoms with E-state index in [1.54, 1.807) is 0 Å². The third-order valence-corrected chi connectivity index (χ3v) is 4.26. The molecule has 0 aromatic rings. The highest BCUT2D eigenvalue weighted by atomic mass is 19.3. The van der Waals surface area contributed by atoms with Crippen LogP contribution >= 0.6 is 0 Å². The maximum atomic E-state index is 13.1. The Morgan fingerprint density at radius 2 is 0.857 bits per heavy atom. The lowest BCUT2D eigenvalue weighted by molar-refractivity contribution is -0.0882. The van der Waals surface area contributed by atoms with Crippen molar-refractivity contribution in [2.24, 2.45) is 23.7 Å². The summed E-state index contributed by atoms with van der Waals surface area (Å²) in [5, 5.41) is 0. The normalized spacial score (nSPS) is 20.1. The van der Waals surface area contributed by atoms with Gasteiger partial charge in [0.25, 0.3) is 0 Å². The smallest absolute Gasteiger partial charge is 0.314 e. The Labute approximate surface area is 169 Å². The Morgan fingerprint density at radius 1 is 0.571 bits per heavy atom. The highest BCUT2D eigenvalue weighted by molar-refractivity contribution is 5.08. The number of ether oxygens (including phenoxy) is 4. The Balaban J connectivity index is 0.000000283. The van der Waals surface area contributed by atoms with Gasteiger partial charge in [-0.25, -0.2) is 0 Å². The second-order valence-corrected chi connectivity index (χ2v) is 8.56. The second kappa shape index (κ2) is 10.9. The summed E-state index contributed by atoms with van der Waals surface area (Å²) < 4.78 is 47.8. The molecule has 0 aromatic heterocycles. The SMILES string of the molecule is CC(C)C1=C(C(C)C)OCC(F)(F)CO1.CC(C)C1=C(C(C)C)OCCCO1. The van der Waals surface area contributed by atoms with Crippen LogP contribution in [0.4, 0.5) is 8.78 Å². The van der Waals surface area contributed by atoms with E-state index >= 15 is 0 Å². The molecule has 2 aliphatic heterocycles. The lowest BCUT2D eigenvalue weighted by Gasteiger charge is -2.18. The van der Waals surface area contributed by atoms with Gasteiger partial charge < -0.3 is 18.9 Å². The summed E-state index contributed by atoms with van der Waals surface area (Å²) in [6, 6.07) is 0. The van der Waals surface area contributed by atoms with Crippen molar-refractivity contribution < 1.29 is 27.7 Å². The quantitative estimate of drug-likeness (QED) is 0.564. The molecule has 0 amide bonds. The summed E-state index contributed by atoms with van der Waals surface area (Å²) in [6.45, 7) is 16.6. The Bertz CT molecular complexity index is 505. The molecule has 0 aromatic carbocycles. The molecular formula is C22H38F2O4. The predicted molar refractivity (Wildman–Crippen MR) is 107 cm³/mol. The van der Waals surface area contributed by atoms with Crippen molar-refractivity contribution in [2.75, 3.05) is 26.4 Å². The standard InChI is InChI=1S/C11H18F2O2.C11H20O2/c1-7(2)9-10(8(3)4)15-6-11(12,13)5-14-9;1-8(2)10-11(9(3)4)13-7-5-6-12-10/h7-8H,5-6H2,1-4H3;8-9H,5-7H2,1-4H3. The molecule has 0 fully saturated rings. The van der Waals surface area contributed by atoms with E-state index in [0.717, 1.165) is 31.2 Å². The molecule has 0 unspecified atom stereocenters. The van der Waals surface area contributed by atoms with Gasteiger partial charge in [0, 0.05) is 30.1 Å². The topological polar surface area (TPSA) is 36.9 Å². The lowest BCUT2D eigenvalue weighted by Crippen LogP contribution is -2.27. The molecule has 164 valence electrons. The van der Waals surface area contributed by atoms with Crippen molar-refractivity contribution in [1.82, 2.24) is 0 Å². The maximum Gasteiger partial charge on any atom is 0.314 e. The first-order chi connectivity index (χ1) is 13.0. The van der Waals surface area contributed by atoms with Crippen LogP contribution in [0.15, 0.2) is 23.0 Å². The molecule has 0 spiro atoms. The number of hydrogen-bond donors (Lipinski definition) is 0. The van der Waals surface area contributed by atoms with Gasteiger partial charge in [-0.15, -0.1) is 0 Å². The number of alkyl halides is 2. The summed E-state index contributed by atoms with van der Waals surface area (Å²) in [5.74, 6) is 1.31. The zero-order chi connectivity index (χ0) is 21.5. The average Bonchev–Trinajstić information content (AvgIpc) is 2.91. The molecule has 6 heteroatoms. The average molecular weight is 405 g/mol. The fourth-order valence-corrected chi connectivity index (χ4v) is 2.92. The van der Waals surface area contributed by atoms with Crippen LogP contribution in [0.3, 0.4) is 0 Å². The molecule has 0 saturated carbocycles. The summed E-state index contributed by atoms with van der Waals surface area (Å²) in [4.78, 5) is 0. The molecule has 0 N–H and O–H groups in total. The van der Waals surface area contributed by atoms with E-state index < -0.39 is 19.1 Å². The van der Waals surface area contributed by atoms with E-state index in [1.807, 2.05) is 27.7 Å². The first-order valence-corrected chi connectivity index (χ1v) is 10.3. The van der Waals surface area contributed by atoms with Gasteiger partial charge >= 0.3 is 5.92 Å². The van der Waals surface area contributed by atoms with E-state index in [1.165, 1.54) is 0 Å². The van der Waals surface area contributed by atoms with E-state index in [0.29, 0.717) is 23.4 Å². The third-order valence-electron chi connectivity index (χ3n) is 4.26. The zero-order valence-electron chi connectivity index (χ0n) is 18.7. The fraction of sp³-hybridized carbons (Fsp3) is 0.818. The molecule has 0 saturated heterocycles. The first kappa shape index (κ1) is 24.6. The van der Waals surface area contributed by atoms with Crippen molar-refractivity contribution in [3.63, 3.8) is 0 Å². The molecular weight excluding hydrogens is 366 g/mol. The van der Waals surface area contributed by atoms with Crippen LogP contribution in [0.25, 0.3) is 0 Å². The van der Waals surface area contributed by atoms with Gasteiger partial charge in [-0.3, -0.25) is 0 Å². The molecule has 4 nitrogen and oxygen atoms in total. The van der Waals surface area contributed by atoms with Crippen LogP contribution in [0.5, 0.6) is 0 Å². The molecule has 0 radical (unpaired) electrons. The van der Waals surface area contributed by atoms with Crippen molar-refractivity contribution in [2.45, 2.75) is 67.7 Å². The molecule has 0 atom stereocenters. The van der Waals surface area contributed by atoms with Crippen LogP contribution in [0.2, 0.25) is 0 Å². The van der Waals surface area contributed by atoms with E-state index in [2.05, 4.69) is 27.7 Å². The molecule has 2 aliphatic rings. The summed E-state index contributed by atoms with van der Waals surface area (Å²) in [5.41, 5.74) is 0. The van der Waals surface area contributed by atoms with Crippen molar-refractivity contribution in [3.8, 4) is 0 Å². The summed E-state index contributed by atoms with van der Waals surface area (Å²) >= 11 is 0. The molecule has 0 aliphatic carbocycles. The highest BCUT2D eigenvalue weighted by Crippen LogP contribution is 2.30. The first-order valence-electron chi connectivity index (χ1n) is 10.3. The van der Waals surface area contributed by atoms with Gasteiger partial charge in [-0.2, -0.15) is 8.78 Å². The highest BCUT2D eigenvalue weighted by Gasteiger charge is 2.36. The van der Waals surface area contributed by atoms with Crippen LogP contribution in [0, 0.1) is 23.7 Å². The molecule has 0 bridgehead atoms. The maximum absolute atomic E-state index is 13.1. The molecule has 2 rings (SSSR count). The monoisotopic (exact) mass is 404 g/mol. The van der Waals surface area contributed by atoms with Crippen molar-refractivity contribution >= 4 is 0 Å². The van der Waals surface area contributed by atoms with Gasteiger partial charge in [0.05, 0.1) is 13.2 Å². The second-order valence-electron chi connectivity index (χ2n) is 8.56. The largest absolute Gasteiger partial charge is 0.494 e. The number of hydrogen-bond acceptors (Lipinski definition) is 4. The number of halogens is 2. The van der Waals surface area contributed by atoms with Crippen molar-refractivity contribution in [1.29, 1.82) is 0 Å². The van der Waals surface area contributed by atoms with E-state index in [4.69, 9.17) is 18.9 Å². The number of rotatable bonds is 4. The zero-order valence-corrected chi connectivity index (χ0v) is 18.7. The van der Waals surface area contributed by atoms with Crippen LogP contribution < -0.4 is 0 Å². The Kier molecular flexibility index (Phi) is 9.58. The van der Waals surface area contributed by atoms with Gasteiger partial charge in [0.15, 0.2) is 13.2 Å². The fourth-order valence-electron chi connectivity index (χ4n) is 2.92. The van der Waals surface area contributed by atoms with Gasteiger partial charge in [-0.1, -0.05) is 55.4 Å². The van der Waals surface area contributed by atoms with E-state index in [9.17, 15) is 8.78 Å².